The van der Waals surface area contributed by atoms with E-state index in [9.17, 15) is 9.90 Å². The number of carbonyl (C=O) groups excluding carboxylic acids is 1. The fourth-order valence-electron chi connectivity index (χ4n) is 1.64. The molecule has 0 spiro atoms. The molecule has 16 heavy (non-hydrogen) atoms. The second kappa shape index (κ2) is 3.94. The average molecular weight is 220 g/mol. The van der Waals surface area contributed by atoms with E-state index in [1.54, 1.807) is 18.5 Å². The summed E-state index contributed by atoms with van der Waals surface area (Å²) in [5, 5.41) is 9.77. The molecule has 0 radical (unpaired) electrons. The van der Waals surface area contributed by atoms with Gasteiger partial charge in [0.25, 0.3) is 0 Å². The Morgan fingerprint density at radius 2 is 2.31 bits per heavy atom. The number of aliphatic hydroxyl groups excluding tert-OH is 1. The van der Waals surface area contributed by atoms with Gasteiger partial charge in [-0.25, -0.2) is 9.78 Å². The van der Waals surface area contributed by atoms with Crippen molar-refractivity contribution in [3.63, 3.8) is 0 Å². The first kappa shape index (κ1) is 10.6. The number of nitrogens with zero attached hydrogens (tertiary/aromatic N) is 2. The highest BCUT2D eigenvalue weighted by Crippen LogP contribution is 2.23. The largest absolute Gasteiger partial charge is 0.467 e. The van der Waals surface area contributed by atoms with Crippen LogP contribution < -0.4 is 0 Å². The number of imidazole rings is 1. The summed E-state index contributed by atoms with van der Waals surface area (Å²) in [5.74, 6) is -0.682. The van der Waals surface area contributed by atoms with E-state index in [2.05, 4.69) is 9.72 Å². The van der Waals surface area contributed by atoms with Gasteiger partial charge >= 0.3 is 5.97 Å². The Kier molecular flexibility index (Phi) is 2.62. The van der Waals surface area contributed by atoms with E-state index in [1.807, 2.05) is 17.7 Å². The highest BCUT2D eigenvalue weighted by Gasteiger charge is 2.21. The lowest BCUT2D eigenvalue weighted by molar-refractivity contribution is -0.150. The molecule has 0 amide bonds. The number of methoxy groups -OCH3 is 1. The van der Waals surface area contributed by atoms with Crippen LogP contribution in [0.5, 0.6) is 0 Å². The molecule has 0 aliphatic carbocycles. The Labute approximate surface area is 92.3 Å². The number of rotatable bonds is 2. The van der Waals surface area contributed by atoms with Crippen molar-refractivity contribution in [2.45, 2.75) is 6.10 Å². The second-order valence-electron chi connectivity index (χ2n) is 3.50. The van der Waals surface area contributed by atoms with Crippen LogP contribution in [0.15, 0.2) is 24.5 Å². The molecule has 1 atom stereocenters. The topological polar surface area (TPSA) is 64.3 Å². The van der Waals surface area contributed by atoms with Crippen molar-refractivity contribution >= 4 is 17.0 Å². The molecule has 1 N–H and O–H groups in total. The number of aryl methyl sites for hydroxylation is 1. The van der Waals surface area contributed by atoms with Crippen molar-refractivity contribution in [3.05, 3.63) is 30.1 Å². The number of esters is 1. The van der Waals surface area contributed by atoms with Crippen molar-refractivity contribution in [1.29, 1.82) is 0 Å². The van der Waals surface area contributed by atoms with Gasteiger partial charge in [0.2, 0.25) is 0 Å². The Bertz CT molecular complexity index is 533. The molecule has 0 aliphatic heterocycles. The highest BCUT2D eigenvalue weighted by atomic mass is 16.5. The van der Waals surface area contributed by atoms with Gasteiger partial charge in [0.15, 0.2) is 6.10 Å². The number of ether oxygens (including phenoxy) is 1. The third-order valence-electron chi connectivity index (χ3n) is 2.50. The number of aliphatic hydroxyl groups is 1. The molecule has 0 saturated carbocycles. The van der Waals surface area contributed by atoms with Crippen LogP contribution in [0.2, 0.25) is 0 Å². The van der Waals surface area contributed by atoms with Crippen molar-refractivity contribution in [3.8, 4) is 0 Å². The predicted molar refractivity (Wildman–Crippen MR) is 57.7 cm³/mol. The van der Waals surface area contributed by atoms with Crippen molar-refractivity contribution in [1.82, 2.24) is 9.55 Å². The minimum absolute atomic E-state index is 0.463. The summed E-state index contributed by atoms with van der Waals surface area (Å²) in [6, 6.07) is 5.30. The molecule has 0 bridgehead atoms. The van der Waals surface area contributed by atoms with Crippen LogP contribution in [-0.2, 0) is 16.6 Å². The van der Waals surface area contributed by atoms with Gasteiger partial charge in [0, 0.05) is 12.6 Å². The van der Waals surface area contributed by atoms with Gasteiger partial charge < -0.3 is 14.4 Å². The molecule has 1 unspecified atom stereocenters. The first-order chi connectivity index (χ1) is 7.65. The average Bonchev–Trinajstić information content (AvgIpc) is 2.69. The maximum absolute atomic E-state index is 11.3. The summed E-state index contributed by atoms with van der Waals surface area (Å²) >= 11 is 0. The molecule has 0 saturated heterocycles. The maximum Gasteiger partial charge on any atom is 0.339 e. The minimum Gasteiger partial charge on any atom is -0.467 e. The second-order valence-corrected chi connectivity index (χ2v) is 3.50. The molecule has 5 nitrogen and oxygen atoms in total. The number of fused-ring (bicyclic) bond motifs is 1. The Hall–Kier alpha value is -1.88. The van der Waals surface area contributed by atoms with Gasteiger partial charge in [-0.3, -0.25) is 0 Å². The molecule has 1 heterocycles. The van der Waals surface area contributed by atoms with Gasteiger partial charge in [-0.2, -0.15) is 0 Å². The number of hydrogen-bond acceptors (Lipinski definition) is 4. The number of aromatic nitrogens is 2. The van der Waals surface area contributed by atoms with E-state index < -0.39 is 12.1 Å². The summed E-state index contributed by atoms with van der Waals surface area (Å²) in [6.45, 7) is 0. The number of hydrogen-bond donors (Lipinski definition) is 1. The lowest BCUT2D eigenvalue weighted by Crippen LogP contribution is -2.13. The zero-order valence-electron chi connectivity index (χ0n) is 9.04. The predicted octanol–water partition coefficient (Wildman–Crippen LogP) is 0.780. The molecule has 1 aromatic heterocycles. The van der Waals surface area contributed by atoms with Crippen LogP contribution in [0.4, 0.5) is 0 Å². The van der Waals surface area contributed by atoms with E-state index in [0.717, 1.165) is 5.52 Å². The number of carbonyl (C=O) groups is 1. The van der Waals surface area contributed by atoms with Gasteiger partial charge in [-0.15, -0.1) is 0 Å². The smallest absolute Gasteiger partial charge is 0.339 e. The van der Waals surface area contributed by atoms with Crippen molar-refractivity contribution in [2.75, 3.05) is 7.11 Å². The van der Waals surface area contributed by atoms with Crippen LogP contribution in [-0.4, -0.2) is 27.7 Å². The quantitative estimate of drug-likeness (QED) is 0.759. The normalized spacial score (nSPS) is 12.7. The fraction of sp³-hybridized carbons (Fsp3) is 0.273. The zero-order valence-corrected chi connectivity index (χ0v) is 9.04. The van der Waals surface area contributed by atoms with E-state index >= 15 is 0 Å². The molecular formula is C11H12N2O3. The lowest BCUT2D eigenvalue weighted by atomic mass is 10.1. The van der Waals surface area contributed by atoms with Gasteiger partial charge in [-0.05, 0) is 6.07 Å². The van der Waals surface area contributed by atoms with Crippen LogP contribution in [0, 0.1) is 0 Å². The van der Waals surface area contributed by atoms with E-state index in [1.165, 1.54) is 7.11 Å². The highest BCUT2D eigenvalue weighted by molar-refractivity contribution is 5.86. The van der Waals surface area contributed by atoms with Gasteiger partial charge in [0.05, 0.1) is 24.5 Å². The summed E-state index contributed by atoms with van der Waals surface area (Å²) in [7, 11) is 3.09. The molecule has 1 aromatic carbocycles. The molecule has 2 rings (SSSR count). The van der Waals surface area contributed by atoms with Crippen LogP contribution >= 0.6 is 0 Å². The van der Waals surface area contributed by atoms with Gasteiger partial charge in [0.1, 0.15) is 0 Å². The first-order valence-electron chi connectivity index (χ1n) is 4.81. The zero-order chi connectivity index (χ0) is 11.7. The van der Waals surface area contributed by atoms with Crippen LogP contribution in [0.25, 0.3) is 11.0 Å². The van der Waals surface area contributed by atoms with Crippen LogP contribution in [0.1, 0.15) is 11.7 Å². The summed E-state index contributed by atoms with van der Waals surface area (Å²) in [6.07, 6.45) is 0.349. The molecule has 0 fully saturated rings. The summed E-state index contributed by atoms with van der Waals surface area (Å²) < 4.78 is 6.32. The first-order valence-corrected chi connectivity index (χ1v) is 4.81. The number of benzene rings is 1. The monoisotopic (exact) mass is 220 g/mol. The molecule has 5 heteroatoms. The van der Waals surface area contributed by atoms with E-state index in [-0.39, 0.29) is 0 Å². The maximum atomic E-state index is 11.3. The summed E-state index contributed by atoms with van der Waals surface area (Å²) in [5.41, 5.74) is 1.94. The standard InChI is InChI=1S/C11H12N2O3/c1-13-6-12-9-7(4-3-5-8(9)13)10(14)11(15)16-2/h3-6,10,14H,1-2H3. The summed E-state index contributed by atoms with van der Waals surface area (Å²) in [4.78, 5) is 15.4. The third kappa shape index (κ3) is 1.55. The third-order valence-corrected chi connectivity index (χ3v) is 2.50. The molecule has 0 aliphatic rings. The molecule has 84 valence electrons. The lowest BCUT2D eigenvalue weighted by Gasteiger charge is -2.09. The SMILES string of the molecule is COC(=O)C(O)c1cccc2c1ncn2C. The van der Waals surface area contributed by atoms with Crippen molar-refractivity contribution in [2.24, 2.45) is 7.05 Å². The van der Waals surface area contributed by atoms with Crippen molar-refractivity contribution < 1.29 is 14.6 Å². The minimum atomic E-state index is -1.29. The Balaban J connectivity index is 2.56. The number of para-hydroxylation sites is 1. The Morgan fingerprint density at radius 3 is 3.00 bits per heavy atom. The molecular weight excluding hydrogens is 208 g/mol. The van der Waals surface area contributed by atoms with E-state index in [4.69, 9.17) is 0 Å². The fourth-order valence-corrected chi connectivity index (χ4v) is 1.64. The Morgan fingerprint density at radius 1 is 1.56 bits per heavy atom. The van der Waals surface area contributed by atoms with Gasteiger partial charge in [-0.1, -0.05) is 12.1 Å². The van der Waals surface area contributed by atoms with Crippen LogP contribution in [0.3, 0.4) is 0 Å². The van der Waals surface area contributed by atoms with E-state index in [0.29, 0.717) is 11.1 Å². The molecule has 2 aromatic rings.